The average Bonchev–Trinajstić information content (AvgIpc) is 2.61. The first kappa shape index (κ1) is 16.6. The fourth-order valence-corrected chi connectivity index (χ4v) is 2.70. The highest BCUT2D eigenvalue weighted by Gasteiger charge is 2.15. The monoisotopic (exact) mass is 341 g/mol. The number of benzene rings is 2. The van der Waals surface area contributed by atoms with Gasteiger partial charge < -0.3 is 5.32 Å². The summed E-state index contributed by atoms with van der Waals surface area (Å²) >= 11 is 0. The van der Waals surface area contributed by atoms with Gasteiger partial charge in [0.15, 0.2) is 0 Å². The molecule has 0 aliphatic heterocycles. The molecule has 0 aliphatic rings. The normalized spacial score (nSPS) is 10.8. The van der Waals surface area contributed by atoms with Gasteiger partial charge in [0.1, 0.15) is 12.4 Å². The van der Waals surface area contributed by atoms with Crippen LogP contribution in [0.15, 0.2) is 58.1 Å². The van der Waals surface area contributed by atoms with E-state index in [0.717, 1.165) is 4.57 Å². The standard InChI is InChI=1S/C18H16FN3O3/c1-2-21-17(24)12-7-3-6-10-15(12)22(18(21)25)11-16(23)20-14-9-5-4-8-13(14)19/h3-10H,2,11H2,1H3,(H,20,23). The zero-order valence-electron chi connectivity index (χ0n) is 13.5. The number of nitrogens with one attached hydrogen (secondary N) is 1. The molecule has 1 amide bonds. The van der Waals surface area contributed by atoms with Crippen LogP contribution in [0.25, 0.3) is 10.9 Å². The Balaban J connectivity index is 2.04. The number of rotatable bonds is 4. The van der Waals surface area contributed by atoms with Crippen LogP contribution in [-0.4, -0.2) is 15.0 Å². The Hall–Kier alpha value is -3.22. The average molecular weight is 341 g/mol. The molecule has 0 saturated heterocycles. The van der Waals surface area contributed by atoms with E-state index in [4.69, 9.17) is 0 Å². The van der Waals surface area contributed by atoms with Gasteiger partial charge in [-0.1, -0.05) is 24.3 Å². The van der Waals surface area contributed by atoms with Gasteiger partial charge in [0, 0.05) is 6.54 Å². The largest absolute Gasteiger partial charge is 0.331 e. The molecule has 0 aliphatic carbocycles. The third-order valence-corrected chi connectivity index (χ3v) is 3.90. The Labute approximate surface area is 142 Å². The molecule has 7 heteroatoms. The zero-order valence-corrected chi connectivity index (χ0v) is 13.5. The Morgan fingerprint density at radius 1 is 1.04 bits per heavy atom. The molecule has 1 heterocycles. The molecule has 0 unspecified atom stereocenters. The van der Waals surface area contributed by atoms with E-state index in [1.807, 2.05) is 0 Å². The first-order valence-electron chi connectivity index (χ1n) is 7.79. The lowest BCUT2D eigenvalue weighted by atomic mass is 10.2. The lowest BCUT2D eigenvalue weighted by molar-refractivity contribution is -0.116. The number of halogens is 1. The summed E-state index contributed by atoms with van der Waals surface area (Å²) in [6, 6.07) is 12.4. The molecule has 3 rings (SSSR count). The second kappa shape index (κ2) is 6.72. The number of hydrogen-bond acceptors (Lipinski definition) is 3. The highest BCUT2D eigenvalue weighted by atomic mass is 19.1. The molecule has 0 atom stereocenters. The van der Waals surface area contributed by atoms with Crippen LogP contribution >= 0.6 is 0 Å². The number of nitrogens with zero attached hydrogens (tertiary/aromatic N) is 2. The molecular weight excluding hydrogens is 325 g/mol. The van der Waals surface area contributed by atoms with E-state index in [0.29, 0.717) is 10.9 Å². The maximum Gasteiger partial charge on any atom is 0.331 e. The first-order chi connectivity index (χ1) is 12.0. The van der Waals surface area contributed by atoms with E-state index in [2.05, 4.69) is 5.32 Å². The van der Waals surface area contributed by atoms with Crippen molar-refractivity contribution in [3.63, 3.8) is 0 Å². The Bertz CT molecular complexity index is 1070. The summed E-state index contributed by atoms with van der Waals surface area (Å²) in [5, 5.41) is 2.79. The molecule has 0 fully saturated rings. The van der Waals surface area contributed by atoms with Crippen LogP contribution in [0.1, 0.15) is 6.92 Å². The van der Waals surface area contributed by atoms with Crippen molar-refractivity contribution in [2.45, 2.75) is 20.0 Å². The number of aromatic nitrogens is 2. The van der Waals surface area contributed by atoms with E-state index in [9.17, 15) is 18.8 Å². The summed E-state index contributed by atoms with van der Waals surface area (Å²) in [5.74, 6) is -1.12. The van der Waals surface area contributed by atoms with Crippen LogP contribution in [0.2, 0.25) is 0 Å². The van der Waals surface area contributed by atoms with Crippen LogP contribution in [-0.2, 0) is 17.9 Å². The van der Waals surface area contributed by atoms with Crippen LogP contribution in [0, 0.1) is 5.82 Å². The summed E-state index contributed by atoms with van der Waals surface area (Å²) in [7, 11) is 0. The number of carbonyl (C=O) groups excluding carboxylic acids is 1. The minimum Gasteiger partial charge on any atom is -0.322 e. The van der Waals surface area contributed by atoms with Crippen molar-refractivity contribution in [3.8, 4) is 0 Å². The fourth-order valence-electron chi connectivity index (χ4n) is 2.70. The molecule has 2 aromatic carbocycles. The second-order valence-corrected chi connectivity index (χ2v) is 5.46. The number of para-hydroxylation sites is 2. The van der Waals surface area contributed by atoms with Gasteiger partial charge >= 0.3 is 5.69 Å². The molecular formula is C18H16FN3O3. The van der Waals surface area contributed by atoms with Crippen molar-refractivity contribution in [2.24, 2.45) is 0 Å². The maximum atomic E-state index is 13.7. The highest BCUT2D eigenvalue weighted by molar-refractivity contribution is 5.91. The Morgan fingerprint density at radius 2 is 1.72 bits per heavy atom. The SMILES string of the molecule is CCn1c(=O)c2ccccc2n(CC(=O)Nc2ccccc2F)c1=O. The van der Waals surface area contributed by atoms with Gasteiger partial charge in [-0.05, 0) is 31.2 Å². The Kier molecular flexibility index (Phi) is 4.47. The van der Waals surface area contributed by atoms with Crippen LogP contribution in [0.5, 0.6) is 0 Å². The predicted octanol–water partition coefficient (Wildman–Crippen LogP) is 1.96. The summed E-state index contributed by atoms with van der Waals surface area (Å²) < 4.78 is 16.0. The van der Waals surface area contributed by atoms with Gasteiger partial charge in [-0.15, -0.1) is 0 Å². The van der Waals surface area contributed by atoms with Crippen molar-refractivity contribution < 1.29 is 9.18 Å². The molecule has 128 valence electrons. The maximum absolute atomic E-state index is 13.7. The van der Waals surface area contributed by atoms with Crippen molar-refractivity contribution in [3.05, 3.63) is 75.2 Å². The first-order valence-corrected chi connectivity index (χ1v) is 7.79. The van der Waals surface area contributed by atoms with Crippen molar-refractivity contribution in [1.29, 1.82) is 0 Å². The fraction of sp³-hybridized carbons (Fsp3) is 0.167. The summed E-state index contributed by atoms with van der Waals surface area (Å²) in [5.41, 5.74) is -0.566. The lowest BCUT2D eigenvalue weighted by Crippen LogP contribution is -2.41. The van der Waals surface area contributed by atoms with Gasteiger partial charge in [-0.25, -0.2) is 9.18 Å². The van der Waals surface area contributed by atoms with Gasteiger partial charge in [-0.2, -0.15) is 0 Å². The van der Waals surface area contributed by atoms with Crippen LogP contribution < -0.4 is 16.6 Å². The van der Waals surface area contributed by atoms with Crippen LogP contribution in [0.4, 0.5) is 10.1 Å². The minimum absolute atomic E-state index is 0.0358. The van der Waals surface area contributed by atoms with Gasteiger partial charge in [0.2, 0.25) is 5.91 Å². The van der Waals surface area contributed by atoms with Gasteiger partial charge in [-0.3, -0.25) is 18.7 Å². The quantitative estimate of drug-likeness (QED) is 0.788. The zero-order chi connectivity index (χ0) is 18.0. The lowest BCUT2D eigenvalue weighted by Gasteiger charge is -2.13. The minimum atomic E-state index is -0.574. The van der Waals surface area contributed by atoms with Gasteiger partial charge in [0.25, 0.3) is 5.56 Å². The van der Waals surface area contributed by atoms with E-state index >= 15 is 0 Å². The second-order valence-electron chi connectivity index (χ2n) is 5.46. The molecule has 0 radical (unpaired) electrons. The number of hydrogen-bond donors (Lipinski definition) is 1. The predicted molar refractivity (Wildman–Crippen MR) is 93.2 cm³/mol. The molecule has 3 aromatic rings. The molecule has 0 spiro atoms. The molecule has 25 heavy (non-hydrogen) atoms. The molecule has 1 N–H and O–H groups in total. The third kappa shape index (κ3) is 3.08. The number of fused-ring (bicyclic) bond motifs is 1. The van der Waals surface area contributed by atoms with Gasteiger partial charge in [0.05, 0.1) is 16.6 Å². The topological polar surface area (TPSA) is 73.1 Å². The van der Waals surface area contributed by atoms with E-state index in [1.165, 1.54) is 22.8 Å². The number of amides is 1. The highest BCUT2D eigenvalue weighted by Crippen LogP contribution is 2.13. The van der Waals surface area contributed by atoms with Crippen LogP contribution in [0.3, 0.4) is 0 Å². The summed E-state index contributed by atoms with van der Waals surface area (Å²) in [4.78, 5) is 37.2. The Morgan fingerprint density at radius 3 is 2.44 bits per heavy atom. The summed E-state index contributed by atoms with van der Waals surface area (Å²) in [6.07, 6.45) is 0. The molecule has 6 nitrogen and oxygen atoms in total. The van der Waals surface area contributed by atoms with E-state index in [-0.39, 0.29) is 18.8 Å². The summed E-state index contributed by atoms with van der Waals surface area (Å²) in [6.45, 7) is 1.55. The number of carbonyl (C=O) groups is 1. The molecule has 0 bridgehead atoms. The smallest absolute Gasteiger partial charge is 0.322 e. The van der Waals surface area contributed by atoms with E-state index in [1.54, 1.807) is 37.3 Å². The van der Waals surface area contributed by atoms with Crippen molar-refractivity contribution >= 4 is 22.5 Å². The molecule has 1 aromatic heterocycles. The third-order valence-electron chi connectivity index (χ3n) is 3.90. The molecule has 0 saturated carbocycles. The van der Waals surface area contributed by atoms with Crippen molar-refractivity contribution in [1.82, 2.24) is 9.13 Å². The number of anilines is 1. The van der Waals surface area contributed by atoms with Crippen molar-refractivity contribution in [2.75, 3.05) is 5.32 Å². The van der Waals surface area contributed by atoms with E-state index < -0.39 is 23.0 Å².